The summed E-state index contributed by atoms with van der Waals surface area (Å²) in [6, 6.07) is 11.1. The molecule has 0 spiro atoms. The molecule has 3 rings (SSSR count). The van der Waals surface area contributed by atoms with Crippen LogP contribution in [0.3, 0.4) is 0 Å². The number of ether oxygens (including phenoxy) is 1. The van der Waals surface area contributed by atoms with Gasteiger partial charge in [0.15, 0.2) is 11.5 Å². The van der Waals surface area contributed by atoms with Crippen molar-refractivity contribution in [3.63, 3.8) is 0 Å². The largest absolute Gasteiger partial charge is 0.504 e. The summed E-state index contributed by atoms with van der Waals surface area (Å²) in [5.74, 6) is -0.184. The van der Waals surface area contributed by atoms with Gasteiger partial charge in [-0.25, -0.2) is 4.79 Å². The zero-order chi connectivity index (χ0) is 20.5. The number of carboxylic acid groups (broad SMARTS) is 1. The van der Waals surface area contributed by atoms with Crippen molar-refractivity contribution in [2.45, 2.75) is 65.3 Å². The van der Waals surface area contributed by atoms with Gasteiger partial charge in [0.2, 0.25) is 0 Å². The molecule has 0 saturated carbocycles. The summed E-state index contributed by atoms with van der Waals surface area (Å²) in [6.45, 7) is 9.69. The molecule has 0 saturated heterocycles. The van der Waals surface area contributed by atoms with Crippen LogP contribution in [0.15, 0.2) is 36.4 Å². The molecule has 0 atom stereocenters. The molecule has 0 unspecified atom stereocenters. The molecule has 2 N–H and O–H groups in total. The lowest BCUT2D eigenvalue weighted by molar-refractivity contribution is 0.0692. The van der Waals surface area contributed by atoms with Crippen LogP contribution >= 0.6 is 0 Å². The van der Waals surface area contributed by atoms with Crippen molar-refractivity contribution in [3.8, 4) is 11.5 Å². The number of aryl methyl sites for hydroxylation is 1. The molecule has 1 aliphatic heterocycles. The number of fused-ring (bicyclic) bond motifs is 1. The minimum absolute atomic E-state index is 0.00382. The Morgan fingerprint density at radius 3 is 2.64 bits per heavy atom. The Bertz CT molecular complexity index is 873. The first-order valence-corrected chi connectivity index (χ1v) is 9.75. The fourth-order valence-electron chi connectivity index (χ4n) is 3.72. The van der Waals surface area contributed by atoms with Gasteiger partial charge < -0.3 is 14.9 Å². The lowest BCUT2D eigenvalue weighted by atomic mass is 9.93. The lowest BCUT2D eigenvalue weighted by Crippen LogP contribution is -2.40. The third-order valence-electron chi connectivity index (χ3n) is 5.48. The van der Waals surface area contributed by atoms with E-state index in [4.69, 9.17) is 4.74 Å². The van der Waals surface area contributed by atoms with E-state index in [-0.39, 0.29) is 17.4 Å². The molecule has 0 radical (unpaired) electrons. The van der Waals surface area contributed by atoms with Crippen molar-refractivity contribution in [2.75, 3.05) is 0 Å². The van der Waals surface area contributed by atoms with Crippen LogP contribution in [0.2, 0.25) is 0 Å². The molecule has 0 amide bonds. The van der Waals surface area contributed by atoms with Crippen molar-refractivity contribution >= 4 is 5.97 Å². The topological polar surface area (TPSA) is 70.0 Å². The SMILES string of the molecule is CC(C)Oc1cc(CCC(C)(C)N2Cc3cccc(C(=O)O)c3C2)ccc1O. The molecule has 0 aromatic heterocycles. The van der Waals surface area contributed by atoms with Gasteiger partial charge in [0.25, 0.3) is 0 Å². The summed E-state index contributed by atoms with van der Waals surface area (Å²) >= 11 is 0. The third kappa shape index (κ3) is 4.30. The Morgan fingerprint density at radius 2 is 1.96 bits per heavy atom. The Morgan fingerprint density at radius 1 is 1.21 bits per heavy atom. The van der Waals surface area contributed by atoms with E-state index in [0.29, 0.717) is 17.9 Å². The zero-order valence-corrected chi connectivity index (χ0v) is 17.0. The van der Waals surface area contributed by atoms with Gasteiger partial charge in [0.05, 0.1) is 11.7 Å². The second kappa shape index (κ2) is 7.84. The average Bonchev–Trinajstić information content (AvgIpc) is 3.07. The highest BCUT2D eigenvalue weighted by Gasteiger charge is 2.33. The van der Waals surface area contributed by atoms with E-state index in [1.165, 1.54) is 0 Å². The summed E-state index contributed by atoms with van der Waals surface area (Å²) in [5, 5.41) is 19.4. The van der Waals surface area contributed by atoms with Crippen molar-refractivity contribution in [3.05, 3.63) is 58.7 Å². The van der Waals surface area contributed by atoms with E-state index in [1.807, 2.05) is 38.1 Å². The van der Waals surface area contributed by atoms with Crippen molar-refractivity contribution < 1.29 is 19.7 Å². The summed E-state index contributed by atoms with van der Waals surface area (Å²) in [4.78, 5) is 13.9. The molecule has 5 nitrogen and oxygen atoms in total. The Kier molecular flexibility index (Phi) is 5.66. The van der Waals surface area contributed by atoms with Gasteiger partial charge in [0.1, 0.15) is 0 Å². The van der Waals surface area contributed by atoms with Gasteiger partial charge in [0, 0.05) is 18.6 Å². The van der Waals surface area contributed by atoms with Crippen LogP contribution < -0.4 is 4.74 Å². The van der Waals surface area contributed by atoms with Gasteiger partial charge in [-0.05, 0) is 75.4 Å². The highest BCUT2D eigenvalue weighted by molar-refractivity contribution is 5.90. The maximum absolute atomic E-state index is 11.5. The van der Waals surface area contributed by atoms with Crippen molar-refractivity contribution in [2.24, 2.45) is 0 Å². The van der Waals surface area contributed by atoms with Gasteiger partial charge in [-0.2, -0.15) is 0 Å². The predicted octanol–water partition coefficient (Wildman–Crippen LogP) is 4.60. The first-order chi connectivity index (χ1) is 13.2. The fraction of sp³-hybridized carbons (Fsp3) is 0.435. The second-order valence-electron chi connectivity index (χ2n) is 8.39. The van der Waals surface area contributed by atoms with E-state index in [9.17, 15) is 15.0 Å². The van der Waals surface area contributed by atoms with Crippen LogP contribution in [0, 0.1) is 0 Å². The normalized spacial score (nSPS) is 14.3. The summed E-state index contributed by atoms with van der Waals surface area (Å²) in [6.07, 6.45) is 1.76. The predicted molar refractivity (Wildman–Crippen MR) is 109 cm³/mol. The van der Waals surface area contributed by atoms with Crippen LogP contribution in [0.4, 0.5) is 0 Å². The first kappa shape index (κ1) is 20.2. The highest BCUT2D eigenvalue weighted by Crippen LogP contribution is 2.34. The summed E-state index contributed by atoms with van der Waals surface area (Å²) < 4.78 is 5.68. The molecule has 150 valence electrons. The summed E-state index contributed by atoms with van der Waals surface area (Å²) in [7, 11) is 0. The molecule has 2 aromatic rings. The second-order valence-corrected chi connectivity index (χ2v) is 8.39. The number of hydrogen-bond acceptors (Lipinski definition) is 4. The first-order valence-electron chi connectivity index (χ1n) is 9.75. The lowest BCUT2D eigenvalue weighted by Gasteiger charge is -2.35. The number of carboxylic acids is 1. The van der Waals surface area contributed by atoms with E-state index in [1.54, 1.807) is 12.1 Å². The van der Waals surface area contributed by atoms with E-state index in [0.717, 1.165) is 36.1 Å². The van der Waals surface area contributed by atoms with Gasteiger partial charge in [-0.1, -0.05) is 18.2 Å². The number of phenols is 1. The minimum atomic E-state index is -0.863. The molecule has 2 aromatic carbocycles. The fourth-order valence-corrected chi connectivity index (χ4v) is 3.72. The average molecular weight is 383 g/mol. The van der Waals surface area contributed by atoms with Crippen LogP contribution in [-0.2, 0) is 19.5 Å². The highest BCUT2D eigenvalue weighted by atomic mass is 16.5. The number of aromatic carboxylic acids is 1. The smallest absolute Gasteiger partial charge is 0.336 e. The molecule has 0 bridgehead atoms. The Labute approximate surface area is 166 Å². The van der Waals surface area contributed by atoms with Crippen LogP contribution in [0.1, 0.15) is 61.2 Å². The molecule has 1 aliphatic rings. The third-order valence-corrected chi connectivity index (χ3v) is 5.48. The zero-order valence-electron chi connectivity index (χ0n) is 17.0. The number of aromatic hydroxyl groups is 1. The number of phenolic OH excluding ortho intramolecular Hbond substituents is 1. The van der Waals surface area contributed by atoms with E-state index < -0.39 is 5.97 Å². The van der Waals surface area contributed by atoms with Crippen LogP contribution in [-0.4, -0.2) is 32.7 Å². The molecular formula is C23H29NO4. The number of rotatable bonds is 7. The molecule has 28 heavy (non-hydrogen) atoms. The van der Waals surface area contributed by atoms with Crippen LogP contribution in [0.5, 0.6) is 11.5 Å². The quantitative estimate of drug-likeness (QED) is 0.731. The molecule has 0 aliphatic carbocycles. The molecule has 0 fully saturated rings. The Balaban J connectivity index is 1.70. The van der Waals surface area contributed by atoms with E-state index in [2.05, 4.69) is 18.7 Å². The number of hydrogen-bond donors (Lipinski definition) is 2. The van der Waals surface area contributed by atoms with Crippen molar-refractivity contribution in [1.29, 1.82) is 0 Å². The standard InChI is InChI=1S/C23H29NO4/c1-15(2)28-21-12-16(8-9-20(21)25)10-11-23(3,4)24-13-17-6-5-7-18(22(26)27)19(17)14-24/h5-9,12,15,25H,10-11,13-14H2,1-4H3,(H,26,27). The summed E-state index contributed by atoms with van der Waals surface area (Å²) in [5.41, 5.74) is 3.46. The minimum Gasteiger partial charge on any atom is -0.504 e. The van der Waals surface area contributed by atoms with Gasteiger partial charge >= 0.3 is 5.97 Å². The van der Waals surface area contributed by atoms with Gasteiger partial charge in [-0.15, -0.1) is 0 Å². The maximum Gasteiger partial charge on any atom is 0.336 e. The molecular weight excluding hydrogens is 354 g/mol. The molecule has 5 heteroatoms. The van der Waals surface area contributed by atoms with Crippen molar-refractivity contribution in [1.82, 2.24) is 4.90 Å². The molecule has 1 heterocycles. The number of nitrogens with zero attached hydrogens (tertiary/aromatic N) is 1. The number of carbonyl (C=O) groups is 1. The Hall–Kier alpha value is -2.53. The number of benzene rings is 2. The monoisotopic (exact) mass is 383 g/mol. The van der Waals surface area contributed by atoms with E-state index >= 15 is 0 Å². The van der Waals surface area contributed by atoms with Gasteiger partial charge in [-0.3, -0.25) is 4.90 Å². The van der Waals surface area contributed by atoms with Crippen LogP contribution in [0.25, 0.3) is 0 Å². The maximum atomic E-state index is 11.5.